The number of aldehydes is 2. The molecule has 0 N–H and O–H groups in total. The number of hydrogen-bond donors (Lipinski definition) is 0. The highest BCUT2D eigenvalue weighted by Crippen LogP contribution is 2.24. The zero-order valence-electron chi connectivity index (χ0n) is 30.1. The summed E-state index contributed by atoms with van der Waals surface area (Å²) in [5.74, 6) is -1.07. The molecule has 5 aromatic rings. The summed E-state index contributed by atoms with van der Waals surface area (Å²) in [6.45, 7) is 6.62. The molecular weight excluding hydrogens is 684 g/mol. The molecule has 0 atom stereocenters. The Kier molecular flexibility index (Phi) is 14.0. The van der Waals surface area contributed by atoms with Gasteiger partial charge in [-0.15, -0.1) is 0 Å². The van der Waals surface area contributed by atoms with E-state index in [0.717, 1.165) is 23.9 Å². The van der Waals surface area contributed by atoms with E-state index in [1.54, 1.807) is 66.7 Å². The van der Waals surface area contributed by atoms with E-state index >= 15 is 0 Å². The van der Waals surface area contributed by atoms with Gasteiger partial charge in [-0.3, -0.25) is 9.59 Å². The number of likely N-dealkylation sites (N-methyl/N-ethyl adjacent to an activating group) is 2. The van der Waals surface area contributed by atoms with Crippen LogP contribution in [0.1, 0.15) is 55.3 Å². The fourth-order valence-electron chi connectivity index (χ4n) is 5.31. The van der Waals surface area contributed by atoms with Crippen molar-refractivity contribution in [1.29, 1.82) is 0 Å². The molecule has 0 saturated carbocycles. The van der Waals surface area contributed by atoms with Gasteiger partial charge in [-0.1, -0.05) is 6.07 Å². The van der Waals surface area contributed by atoms with Gasteiger partial charge in [0.15, 0.2) is 0 Å². The number of esters is 2. The second-order valence-electron chi connectivity index (χ2n) is 11.9. The first kappa shape index (κ1) is 38.4. The number of azo groups is 2. The smallest absolute Gasteiger partial charge is 0.338 e. The minimum atomic E-state index is -0.534. The lowest BCUT2D eigenvalue weighted by molar-refractivity contribution is 0.0513. The molecule has 5 rings (SSSR count). The molecule has 0 unspecified atom stereocenters. The summed E-state index contributed by atoms with van der Waals surface area (Å²) < 4.78 is 11.1. The van der Waals surface area contributed by atoms with Gasteiger partial charge in [-0.05, 0) is 129 Å². The molecule has 0 aliphatic rings. The lowest BCUT2D eigenvalue weighted by atomic mass is 10.1. The van der Waals surface area contributed by atoms with E-state index in [9.17, 15) is 19.2 Å². The van der Waals surface area contributed by atoms with Gasteiger partial charge in [0.2, 0.25) is 0 Å². The quantitative estimate of drug-likeness (QED) is 0.0494. The number of ether oxygens (including phenoxy) is 2. The van der Waals surface area contributed by atoms with Gasteiger partial charge < -0.3 is 19.3 Å². The van der Waals surface area contributed by atoms with E-state index < -0.39 is 11.9 Å². The SMILES string of the molecule is CCN(CCOC(=O)c1cccc(C(=O)OCCN(CC)c2ccc(N=Nc3ccc(C=O)cc3)cc2)c1)c1ccc(N=Nc2ccc(C=O)cc2)cc1. The number of carbonyl (C=O) groups is 4. The van der Waals surface area contributed by atoms with Crippen LogP contribution < -0.4 is 9.80 Å². The number of benzene rings is 5. The van der Waals surface area contributed by atoms with Crippen LogP contribution in [0.5, 0.6) is 0 Å². The van der Waals surface area contributed by atoms with Crippen LogP contribution >= 0.6 is 0 Å². The maximum atomic E-state index is 12.9. The van der Waals surface area contributed by atoms with Crippen molar-refractivity contribution in [2.24, 2.45) is 20.5 Å². The predicted octanol–water partition coefficient (Wildman–Crippen LogP) is 9.51. The number of carbonyl (C=O) groups excluding carboxylic acids is 4. The highest BCUT2D eigenvalue weighted by atomic mass is 16.5. The standard InChI is InChI=1S/C42H40N6O6/c1-3-47(39-20-16-37(17-21-39)45-43-35-12-8-31(29-49)9-13-35)24-26-53-41(51)33-6-5-7-34(28-33)42(52)54-27-25-48(4-2)40-22-18-38(19-23-40)46-44-36-14-10-32(30-50)11-15-36/h5-23,28-30H,3-4,24-27H2,1-2H3. The van der Waals surface area contributed by atoms with Crippen molar-refractivity contribution >= 4 is 58.6 Å². The van der Waals surface area contributed by atoms with Crippen LogP contribution in [0, 0.1) is 0 Å². The molecule has 274 valence electrons. The van der Waals surface area contributed by atoms with Gasteiger partial charge in [0.05, 0.1) is 47.0 Å². The van der Waals surface area contributed by atoms with Crippen molar-refractivity contribution in [3.05, 3.63) is 144 Å². The molecule has 12 nitrogen and oxygen atoms in total. The van der Waals surface area contributed by atoms with Crippen LogP contribution in [0.25, 0.3) is 0 Å². The third kappa shape index (κ3) is 11.1. The summed E-state index contributed by atoms with van der Waals surface area (Å²) in [6, 6.07) is 35.1. The summed E-state index contributed by atoms with van der Waals surface area (Å²) in [4.78, 5) is 51.6. The third-order valence-corrected chi connectivity index (χ3v) is 8.34. The van der Waals surface area contributed by atoms with Gasteiger partial charge in [-0.25, -0.2) is 9.59 Å². The topological polar surface area (TPSA) is 143 Å². The Bertz CT molecular complexity index is 1920. The predicted molar refractivity (Wildman–Crippen MR) is 208 cm³/mol. The lowest BCUT2D eigenvalue weighted by Gasteiger charge is -2.23. The largest absolute Gasteiger partial charge is 0.460 e. The number of hydrogen-bond acceptors (Lipinski definition) is 12. The molecule has 0 aliphatic carbocycles. The maximum Gasteiger partial charge on any atom is 0.338 e. The van der Waals surface area contributed by atoms with E-state index in [-0.39, 0.29) is 24.3 Å². The molecular formula is C42H40N6O6. The molecule has 54 heavy (non-hydrogen) atoms. The van der Waals surface area contributed by atoms with Gasteiger partial charge >= 0.3 is 11.9 Å². The number of nitrogens with zero attached hydrogens (tertiary/aromatic N) is 6. The molecule has 0 fully saturated rings. The monoisotopic (exact) mass is 724 g/mol. The molecule has 0 radical (unpaired) electrons. The minimum Gasteiger partial charge on any atom is -0.460 e. The normalized spacial score (nSPS) is 11.0. The highest BCUT2D eigenvalue weighted by molar-refractivity contribution is 5.95. The molecule has 12 heteroatoms. The lowest BCUT2D eigenvalue weighted by Crippen LogP contribution is -2.28. The third-order valence-electron chi connectivity index (χ3n) is 8.34. The minimum absolute atomic E-state index is 0.145. The average molecular weight is 725 g/mol. The molecule has 0 aromatic heterocycles. The number of rotatable bonds is 18. The van der Waals surface area contributed by atoms with Gasteiger partial charge in [-0.2, -0.15) is 20.5 Å². The van der Waals surface area contributed by atoms with Crippen molar-refractivity contribution in [3.8, 4) is 0 Å². The molecule has 0 bridgehead atoms. The second-order valence-corrected chi connectivity index (χ2v) is 11.9. The fourth-order valence-corrected chi connectivity index (χ4v) is 5.31. The van der Waals surface area contributed by atoms with Crippen molar-refractivity contribution in [2.45, 2.75) is 13.8 Å². The molecule has 0 aliphatic heterocycles. The molecule has 0 spiro atoms. The van der Waals surface area contributed by atoms with E-state index in [4.69, 9.17) is 9.47 Å². The summed E-state index contributed by atoms with van der Waals surface area (Å²) in [5, 5.41) is 16.9. The Hall–Kier alpha value is -6.82. The van der Waals surface area contributed by atoms with E-state index in [1.165, 1.54) is 6.07 Å². The van der Waals surface area contributed by atoms with Crippen molar-refractivity contribution in [2.75, 3.05) is 49.2 Å². The van der Waals surface area contributed by atoms with E-state index in [2.05, 4.69) is 30.3 Å². The Morgan fingerprint density at radius 1 is 0.519 bits per heavy atom. The Balaban J connectivity index is 1.06. The highest BCUT2D eigenvalue weighted by Gasteiger charge is 2.14. The van der Waals surface area contributed by atoms with Crippen LogP contribution in [-0.2, 0) is 9.47 Å². The fraction of sp³-hybridized carbons (Fsp3) is 0.190. The number of anilines is 2. The summed E-state index contributed by atoms with van der Waals surface area (Å²) in [7, 11) is 0. The molecule has 5 aromatic carbocycles. The summed E-state index contributed by atoms with van der Waals surface area (Å²) >= 11 is 0. The summed E-state index contributed by atoms with van der Waals surface area (Å²) in [5.41, 5.74) is 6.18. The van der Waals surface area contributed by atoms with E-state index in [1.807, 2.05) is 62.4 Å². The Morgan fingerprint density at radius 2 is 0.852 bits per heavy atom. The second kappa shape index (κ2) is 19.7. The average Bonchev–Trinajstić information content (AvgIpc) is 3.23. The van der Waals surface area contributed by atoms with Crippen LogP contribution in [-0.4, -0.2) is 63.9 Å². The maximum absolute atomic E-state index is 12.9. The molecule has 0 saturated heterocycles. The zero-order chi connectivity index (χ0) is 38.1. The van der Waals surface area contributed by atoms with Gasteiger partial charge in [0.25, 0.3) is 0 Å². The molecule has 0 heterocycles. The Labute approximate surface area is 313 Å². The van der Waals surface area contributed by atoms with Crippen LogP contribution in [0.2, 0.25) is 0 Å². The van der Waals surface area contributed by atoms with Gasteiger partial charge in [0, 0.05) is 35.6 Å². The van der Waals surface area contributed by atoms with Crippen LogP contribution in [0.3, 0.4) is 0 Å². The Morgan fingerprint density at radius 3 is 1.17 bits per heavy atom. The first-order valence-corrected chi connectivity index (χ1v) is 17.5. The van der Waals surface area contributed by atoms with Crippen molar-refractivity contribution < 1.29 is 28.7 Å². The van der Waals surface area contributed by atoms with Crippen molar-refractivity contribution in [3.63, 3.8) is 0 Å². The van der Waals surface area contributed by atoms with Crippen LogP contribution in [0.4, 0.5) is 34.1 Å². The van der Waals surface area contributed by atoms with Gasteiger partial charge in [0.1, 0.15) is 25.8 Å². The molecule has 0 amide bonds. The summed E-state index contributed by atoms with van der Waals surface area (Å²) in [6.07, 6.45) is 1.56. The van der Waals surface area contributed by atoms with E-state index in [0.29, 0.717) is 60.1 Å². The zero-order valence-corrected chi connectivity index (χ0v) is 30.1. The van der Waals surface area contributed by atoms with Crippen molar-refractivity contribution in [1.82, 2.24) is 0 Å². The first-order valence-electron chi connectivity index (χ1n) is 17.5. The van der Waals surface area contributed by atoms with Crippen LogP contribution in [0.15, 0.2) is 142 Å². The first-order chi connectivity index (χ1) is 26.4.